The molecule has 0 amide bonds. The molecule has 1 rings (SSSR count). The summed E-state index contributed by atoms with van der Waals surface area (Å²) in [5, 5.41) is 3.28. The van der Waals surface area contributed by atoms with Crippen LogP contribution in [0.15, 0.2) is 12.3 Å². The fraction of sp³-hybridized carbons (Fsp3) is 0.615. The van der Waals surface area contributed by atoms with Gasteiger partial charge in [0.15, 0.2) is 0 Å². The summed E-state index contributed by atoms with van der Waals surface area (Å²) in [5.74, 6) is 0.801. The number of nitrogens with two attached hydrogens (primary N) is 1. The Morgan fingerprint density at radius 1 is 1.35 bits per heavy atom. The third-order valence-electron chi connectivity index (χ3n) is 2.89. The molecule has 1 heterocycles. The van der Waals surface area contributed by atoms with E-state index in [0.29, 0.717) is 0 Å². The van der Waals surface area contributed by atoms with E-state index in [1.807, 2.05) is 19.2 Å². The Labute approximate surface area is 104 Å². The fourth-order valence-corrected chi connectivity index (χ4v) is 1.79. The van der Waals surface area contributed by atoms with Crippen LogP contribution in [0.25, 0.3) is 0 Å². The van der Waals surface area contributed by atoms with Gasteiger partial charge in [0, 0.05) is 12.7 Å². The molecule has 0 unspecified atom stereocenters. The number of aromatic nitrogens is 1. The average Bonchev–Trinajstić information content (AvgIpc) is 2.32. The molecule has 0 aromatic carbocycles. The highest BCUT2D eigenvalue weighted by Gasteiger charge is 2.01. The Morgan fingerprint density at radius 2 is 2.06 bits per heavy atom. The second-order valence-electron chi connectivity index (χ2n) is 4.26. The zero-order valence-electron chi connectivity index (χ0n) is 11.2. The Kier molecular flexibility index (Phi) is 5.77. The van der Waals surface area contributed by atoms with Gasteiger partial charge in [-0.15, -0.1) is 0 Å². The number of aryl methyl sites for hydroxylation is 1. The van der Waals surface area contributed by atoms with E-state index >= 15 is 0 Å². The van der Waals surface area contributed by atoms with Gasteiger partial charge in [0.05, 0.1) is 5.69 Å². The molecule has 0 aliphatic heterocycles. The average molecular weight is 236 g/mol. The summed E-state index contributed by atoms with van der Waals surface area (Å²) in [7, 11) is 0. The minimum atomic E-state index is 0.729. The van der Waals surface area contributed by atoms with Gasteiger partial charge in [-0.2, -0.15) is 0 Å². The molecule has 3 N–H and O–H groups in total. The standard InChI is InChI=1S/C13H24N4/c1-4-17(5-2)8-6-7-15-13-12(14)9-11(3)10-16-13/h9-10H,4-8,14H2,1-3H3,(H,15,16). The number of nitrogens with one attached hydrogen (secondary N) is 1. The second-order valence-corrected chi connectivity index (χ2v) is 4.26. The summed E-state index contributed by atoms with van der Waals surface area (Å²) in [6.45, 7) is 10.6. The minimum absolute atomic E-state index is 0.729. The summed E-state index contributed by atoms with van der Waals surface area (Å²) >= 11 is 0. The van der Waals surface area contributed by atoms with Crippen molar-refractivity contribution in [3.8, 4) is 0 Å². The van der Waals surface area contributed by atoms with E-state index in [-0.39, 0.29) is 0 Å². The highest BCUT2D eigenvalue weighted by atomic mass is 15.1. The Morgan fingerprint density at radius 3 is 2.65 bits per heavy atom. The fourth-order valence-electron chi connectivity index (χ4n) is 1.79. The van der Waals surface area contributed by atoms with E-state index in [4.69, 9.17) is 5.73 Å². The zero-order valence-corrected chi connectivity index (χ0v) is 11.2. The van der Waals surface area contributed by atoms with Crippen molar-refractivity contribution in [2.24, 2.45) is 0 Å². The molecule has 0 saturated carbocycles. The highest BCUT2D eigenvalue weighted by Crippen LogP contribution is 2.15. The maximum atomic E-state index is 5.88. The number of nitrogens with zero attached hydrogens (tertiary/aromatic N) is 2. The van der Waals surface area contributed by atoms with Crippen molar-refractivity contribution in [2.45, 2.75) is 27.2 Å². The van der Waals surface area contributed by atoms with Gasteiger partial charge in [-0.1, -0.05) is 13.8 Å². The Balaban J connectivity index is 2.31. The summed E-state index contributed by atoms with van der Waals surface area (Å²) in [6, 6.07) is 1.94. The van der Waals surface area contributed by atoms with Crippen LogP contribution in [0.3, 0.4) is 0 Å². The van der Waals surface area contributed by atoms with Crippen LogP contribution < -0.4 is 11.1 Å². The highest BCUT2D eigenvalue weighted by molar-refractivity contribution is 5.61. The van der Waals surface area contributed by atoms with Crippen LogP contribution in [0.1, 0.15) is 25.8 Å². The molecule has 4 nitrogen and oxygen atoms in total. The van der Waals surface area contributed by atoms with Crippen molar-refractivity contribution in [2.75, 3.05) is 37.2 Å². The maximum absolute atomic E-state index is 5.88. The van der Waals surface area contributed by atoms with Gasteiger partial charge in [-0.3, -0.25) is 0 Å². The monoisotopic (exact) mass is 236 g/mol. The zero-order chi connectivity index (χ0) is 12.7. The number of rotatable bonds is 7. The van der Waals surface area contributed by atoms with Crippen LogP contribution in [-0.2, 0) is 0 Å². The second kappa shape index (κ2) is 7.12. The quantitative estimate of drug-likeness (QED) is 0.712. The largest absolute Gasteiger partial charge is 0.396 e. The van der Waals surface area contributed by atoms with Crippen LogP contribution in [-0.4, -0.2) is 36.1 Å². The molecule has 0 spiro atoms. The van der Waals surface area contributed by atoms with E-state index in [0.717, 1.165) is 49.7 Å². The van der Waals surface area contributed by atoms with Gasteiger partial charge in [0.2, 0.25) is 0 Å². The van der Waals surface area contributed by atoms with Crippen molar-refractivity contribution >= 4 is 11.5 Å². The van der Waals surface area contributed by atoms with E-state index in [1.54, 1.807) is 0 Å². The van der Waals surface area contributed by atoms with Crippen molar-refractivity contribution in [3.63, 3.8) is 0 Å². The molecule has 0 atom stereocenters. The molecule has 0 saturated heterocycles. The van der Waals surface area contributed by atoms with Crippen molar-refractivity contribution in [3.05, 3.63) is 17.8 Å². The van der Waals surface area contributed by atoms with Crippen molar-refractivity contribution < 1.29 is 0 Å². The molecular weight excluding hydrogens is 212 g/mol. The van der Waals surface area contributed by atoms with Gasteiger partial charge < -0.3 is 16.0 Å². The predicted octanol–water partition coefficient (Wildman–Crippen LogP) is 2.12. The molecule has 0 aliphatic carbocycles. The minimum Gasteiger partial charge on any atom is -0.396 e. The van der Waals surface area contributed by atoms with E-state index < -0.39 is 0 Å². The third kappa shape index (κ3) is 4.61. The first-order valence-electron chi connectivity index (χ1n) is 6.35. The molecular formula is C13H24N4. The topological polar surface area (TPSA) is 54.2 Å². The number of pyridine rings is 1. The maximum Gasteiger partial charge on any atom is 0.149 e. The first-order valence-corrected chi connectivity index (χ1v) is 6.35. The van der Waals surface area contributed by atoms with Gasteiger partial charge in [-0.05, 0) is 44.6 Å². The Bertz CT molecular complexity index is 334. The summed E-state index contributed by atoms with van der Waals surface area (Å²) in [4.78, 5) is 6.70. The molecule has 0 bridgehead atoms. The third-order valence-corrected chi connectivity index (χ3v) is 2.89. The normalized spacial score (nSPS) is 10.8. The van der Waals surface area contributed by atoms with Crippen LogP contribution in [0.2, 0.25) is 0 Å². The SMILES string of the molecule is CCN(CC)CCCNc1ncc(C)cc1N. The Hall–Kier alpha value is -1.29. The first kappa shape index (κ1) is 13.8. The lowest BCUT2D eigenvalue weighted by Gasteiger charge is -2.18. The van der Waals surface area contributed by atoms with Gasteiger partial charge >= 0.3 is 0 Å². The smallest absolute Gasteiger partial charge is 0.149 e. The van der Waals surface area contributed by atoms with Gasteiger partial charge in [0.25, 0.3) is 0 Å². The van der Waals surface area contributed by atoms with Crippen molar-refractivity contribution in [1.29, 1.82) is 0 Å². The summed E-state index contributed by atoms with van der Waals surface area (Å²) in [5.41, 5.74) is 7.70. The van der Waals surface area contributed by atoms with E-state index in [9.17, 15) is 0 Å². The number of anilines is 2. The van der Waals surface area contributed by atoms with Crippen LogP contribution in [0.4, 0.5) is 11.5 Å². The molecule has 1 aromatic rings. The molecule has 4 heteroatoms. The van der Waals surface area contributed by atoms with Crippen LogP contribution >= 0.6 is 0 Å². The number of nitrogen functional groups attached to an aromatic ring is 1. The molecule has 96 valence electrons. The van der Waals surface area contributed by atoms with Gasteiger partial charge in [0.1, 0.15) is 5.82 Å². The molecule has 0 radical (unpaired) electrons. The summed E-state index contributed by atoms with van der Waals surface area (Å²) in [6.07, 6.45) is 2.94. The molecule has 0 aliphatic rings. The number of hydrogen-bond acceptors (Lipinski definition) is 4. The molecule has 0 fully saturated rings. The lowest BCUT2D eigenvalue weighted by atomic mass is 10.3. The molecule has 1 aromatic heterocycles. The lowest BCUT2D eigenvalue weighted by molar-refractivity contribution is 0.303. The van der Waals surface area contributed by atoms with Crippen LogP contribution in [0.5, 0.6) is 0 Å². The summed E-state index contributed by atoms with van der Waals surface area (Å²) < 4.78 is 0. The number of hydrogen-bond donors (Lipinski definition) is 2. The van der Waals surface area contributed by atoms with E-state index in [1.165, 1.54) is 0 Å². The molecule has 17 heavy (non-hydrogen) atoms. The lowest BCUT2D eigenvalue weighted by Crippen LogP contribution is -2.25. The predicted molar refractivity (Wildman–Crippen MR) is 74.3 cm³/mol. The van der Waals surface area contributed by atoms with Gasteiger partial charge in [-0.25, -0.2) is 4.98 Å². The van der Waals surface area contributed by atoms with Crippen LogP contribution in [0, 0.1) is 6.92 Å². The first-order chi connectivity index (χ1) is 8.17. The van der Waals surface area contributed by atoms with Crippen molar-refractivity contribution in [1.82, 2.24) is 9.88 Å². The van der Waals surface area contributed by atoms with E-state index in [2.05, 4.69) is 29.0 Å².